The summed E-state index contributed by atoms with van der Waals surface area (Å²) in [6, 6.07) is 8.69. The Morgan fingerprint density at radius 3 is 2.67 bits per heavy atom. The highest BCUT2D eigenvalue weighted by atomic mass is 32.2. The van der Waals surface area contributed by atoms with Gasteiger partial charge in [0.25, 0.3) is 0 Å². The highest BCUT2D eigenvalue weighted by molar-refractivity contribution is 7.89. The number of sulfonamides is 1. The van der Waals surface area contributed by atoms with Crippen LogP contribution in [0.2, 0.25) is 0 Å². The van der Waals surface area contributed by atoms with E-state index in [1.807, 2.05) is 12.4 Å². The number of aromatic amines is 1. The quantitative estimate of drug-likeness (QED) is 0.601. The molecule has 0 aliphatic carbocycles. The van der Waals surface area contributed by atoms with Gasteiger partial charge in [0.2, 0.25) is 10.0 Å². The number of rotatable bonds is 7. The van der Waals surface area contributed by atoms with Crippen LogP contribution in [0.25, 0.3) is 22.0 Å². The Balaban J connectivity index is 1.59. The van der Waals surface area contributed by atoms with E-state index in [-0.39, 0.29) is 5.75 Å². The van der Waals surface area contributed by atoms with Crippen molar-refractivity contribution in [1.82, 2.24) is 19.6 Å². The number of pyridine rings is 1. The number of aromatic nitrogens is 2. The van der Waals surface area contributed by atoms with Crippen molar-refractivity contribution < 1.29 is 8.42 Å². The number of H-pyrrole nitrogens is 1. The fourth-order valence-electron chi connectivity index (χ4n) is 4.30. The minimum absolute atomic E-state index is 0.176. The standard InChI is InChI=1S/C23H30N4O2S/c1-3-24-13-17-11-20(15-25-14-17)19-5-6-23-21(12-19)22(16-26-23)18-7-9-27(10-8-18)30(28,29)4-2/h5-6,11-12,14-16,18,24,26H,3-4,7-10,13H2,1-2H3. The Morgan fingerprint density at radius 1 is 1.13 bits per heavy atom. The summed E-state index contributed by atoms with van der Waals surface area (Å²) in [5.41, 5.74) is 5.85. The van der Waals surface area contributed by atoms with E-state index in [9.17, 15) is 8.42 Å². The Hall–Kier alpha value is -2.22. The molecule has 2 N–H and O–H groups in total. The van der Waals surface area contributed by atoms with E-state index >= 15 is 0 Å². The molecule has 0 atom stereocenters. The number of nitrogens with one attached hydrogen (secondary N) is 2. The Labute approximate surface area is 178 Å². The maximum atomic E-state index is 12.2. The SMILES string of the molecule is CCNCc1cncc(-c2ccc3[nH]cc(C4CCN(S(=O)(=O)CC)CC4)c3c2)c1. The first-order chi connectivity index (χ1) is 14.5. The van der Waals surface area contributed by atoms with Gasteiger partial charge in [-0.05, 0) is 67.1 Å². The summed E-state index contributed by atoms with van der Waals surface area (Å²) in [7, 11) is -3.10. The topological polar surface area (TPSA) is 78.1 Å². The fraction of sp³-hybridized carbons (Fsp3) is 0.435. The fourth-order valence-corrected chi connectivity index (χ4v) is 5.43. The lowest BCUT2D eigenvalue weighted by Crippen LogP contribution is -2.38. The van der Waals surface area contributed by atoms with Gasteiger partial charge in [0.05, 0.1) is 5.75 Å². The van der Waals surface area contributed by atoms with Crippen LogP contribution in [0.3, 0.4) is 0 Å². The van der Waals surface area contributed by atoms with Gasteiger partial charge in [-0.3, -0.25) is 4.98 Å². The largest absolute Gasteiger partial charge is 0.361 e. The zero-order valence-electron chi connectivity index (χ0n) is 17.7. The lowest BCUT2D eigenvalue weighted by molar-refractivity contribution is 0.321. The minimum Gasteiger partial charge on any atom is -0.361 e. The van der Waals surface area contributed by atoms with E-state index < -0.39 is 10.0 Å². The zero-order valence-corrected chi connectivity index (χ0v) is 18.5. The second kappa shape index (κ2) is 8.88. The average Bonchev–Trinajstić information content (AvgIpc) is 3.21. The molecule has 1 aliphatic rings. The van der Waals surface area contributed by atoms with E-state index in [0.29, 0.717) is 19.0 Å². The average molecular weight is 427 g/mol. The lowest BCUT2D eigenvalue weighted by atomic mass is 9.89. The molecule has 1 fully saturated rings. The van der Waals surface area contributed by atoms with Gasteiger partial charge in [0.1, 0.15) is 0 Å². The number of hydrogen-bond acceptors (Lipinski definition) is 4. The van der Waals surface area contributed by atoms with Crippen LogP contribution in [0.4, 0.5) is 0 Å². The third kappa shape index (κ3) is 4.29. The van der Waals surface area contributed by atoms with Gasteiger partial charge in [-0.2, -0.15) is 0 Å². The molecule has 0 saturated carbocycles. The normalized spacial score (nSPS) is 16.3. The van der Waals surface area contributed by atoms with Crippen LogP contribution >= 0.6 is 0 Å². The summed E-state index contributed by atoms with van der Waals surface area (Å²) in [6.07, 6.45) is 7.64. The summed E-state index contributed by atoms with van der Waals surface area (Å²) >= 11 is 0. The molecule has 0 unspecified atom stereocenters. The number of fused-ring (bicyclic) bond motifs is 1. The Bertz CT molecular complexity index is 1120. The van der Waals surface area contributed by atoms with Gasteiger partial charge in [0, 0.05) is 54.7 Å². The molecule has 7 heteroatoms. The van der Waals surface area contributed by atoms with E-state index in [1.54, 1.807) is 11.2 Å². The summed E-state index contributed by atoms with van der Waals surface area (Å²) < 4.78 is 26.0. The molecule has 0 bridgehead atoms. The summed E-state index contributed by atoms with van der Waals surface area (Å²) in [5.74, 6) is 0.546. The van der Waals surface area contributed by atoms with Crippen LogP contribution in [0.1, 0.15) is 43.7 Å². The molecule has 30 heavy (non-hydrogen) atoms. The van der Waals surface area contributed by atoms with Crippen molar-refractivity contribution in [3.8, 4) is 11.1 Å². The van der Waals surface area contributed by atoms with E-state index in [4.69, 9.17) is 0 Å². The van der Waals surface area contributed by atoms with Crippen LogP contribution in [-0.4, -0.2) is 48.1 Å². The van der Waals surface area contributed by atoms with Gasteiger partial charge in [-0.25, -0.2) is 12.7 Å². The van der Waals surface area contributed by atoms with Crippen molar-refractivity contribution >= 4 is 20.9 Å². The van der Waals surface area contributed by atoms with Crippen molar-refractivity contribution in [3.63, 3.8) is 0 Å². The third-order valence-electron chi connectivity index (χ3n) is 6.07. The molecule has 1 aromatic carbocycles. The van der Waals surface area contributed by atoms with Gasteiger partial charge >= 0.3 is 0 Å². The predicted molar refractivity (Wildman–Crippen MR) is 122 cm³/mol. The lowest BCUT2D eigenvalue weighted by Gasteiger charge is -2.30. The highest BCUT2D eigenvalue weighted by Gasteiger charge is 2.28. The van der Waals surface area contributed by atoms with Crippen molar-refractivity contribution in [2.24, 2.45) is 0 Å². The molecular formula is C23H30N4O2S. The van der Waals surface area contributed by atoms with Gasteiger partial charge in [-0.1, -0.05) is 13.0 Å². The van der Waals surface area contributed by atoms with E-state index in [1.165, 1.54) is 16.5 Å². The summed E-state index contributed by atoms with van der Waals surface area (Å²) in [5, 5.41) is 4.57. The summed E-state index contributed by atoms with van der Waals surface area (Å²) in [4.78, 5) is 7.82. The number of hydrogen-bond donors (Lipinski definition) is 2. The Morgan fingerprint density at radius 2 is 1.93 bits per heavy atom. The van der Waals surface area contributed by atoms with Gasteiger partial charge in [-0.15, -0.1) is 0 Å². The summed E-state index contributed by atoms with van der Waals surface area (Å²) in [6.45, 7) is 6.76. The number of nitrogens with zero attached hydrogens (tertiary/aromatic N) is 2. The number of piperidine rings is 1. The smallest absolute Gasteiger partial charge is 0.213 e. The minimum atomic E-state index is -3.10. The van der Waals surface area contributed by atoms with Gasteiger partial charge < -0.3 is 10.3 Å². The number of benzene rings is 1. The van der Waals surface area contributed by atoms with Crippen molar-refractivity contribution in [1.29, 1.82) is 0 Å². The zero-order chi connectivity index (χ0) is 21.1. The highest BCUT2D eigenvalue weighted by Crippen LogP contribution is 2.35. The molecule has 0 radical (unpaired) electrons. The second-order valence-corrected chi connectivity index (χ2v) is 10.2. The molecule has 3 heterocycles. The van der Waals surface area contributed by atoms with Crippen LogP contribution in [-0.2, 0) is 16.6 Å². The molecule has 2 aromatic heterocycles. The molecule has 0 spiro atoms. The maximum Gasteiger partial charge on any atom is 0.213 e. The molecule has 0 amide bonds. The molecule has 1 saturated heterocycles. The van der Waals surface area contributed by atoms with Crippen molar-refractivity contribution in [3.05, 3.63) is 54.0 Å². The monoisotopic (exact) mass is 426 g/mol. The van der Waals surface area contributed by atoms with Crippen LogP contribution in [0, 0.1) is 0 Å². The Kier molecular flexibility index (Phi) is 6.22. The molecule has 1 aliphatic heterocycles. The molecule has 160 valence electrons. The molecule has 3 aromatic rings. The van der Waals surface area contributed by atoms with Crippen LogP contribution in [0.5, 0.6) is 0 Å². The first-order valence-electron chi connectivity index (χ1n) is 10.8. The first kappa shape index (κ1) is 21.0. The van der Waals surface area contributed by atoms with Gasteiger partial charge in [0.15, 0.2) is 0 Å². The first-order valence-corrected chi connectivity index (χ1v) is 12.4. The second-order valence-electron chi connectivity index (χ2n) is 7.94. The predicted octanol–water partition coefficient (Wildman–Crippen LogP) is 3.87. The van der Waals surface area contributed by atoms with Crippen LogP contribution in [0.15, 0.2) is 42.9 Å². The van der Waals surface area contributed by atoms with Crippen LogP contribution < -0.4 is 5.32 Å². The maximum absolute atomic E-state index is 12.2. The molecular weight excluding hydrogens is 396 g/mol. The molecule has 6 nitrogen and oxygen atoms in total. The van der Waals surface area contributed by atoms with Crippen molar-refractivity contribution in [2.45, 2.75) is 39.2 Å². The third-order valence-corrected chi connectivity index (χ3v) is 7.95. The van der Waals surface area contributed by atoms with E-state index in [2.05, 4.69) is 52.7 Å². The van der Waals surface area contributed by atoms with Crippen molar-refractivity contribution in [2.75, 3.05) is 25.4 Å². The van der Waals surface area contributed by atoms with E-state index in [0.717, 1.165) is 42.6 Å². The molecule has 4 rings (SSSR count).